The molecule has 0 aromatic heterocycles. The third-order valence-corrected chi connectivity index (χ3v) is 25.9. The third kappa shape index (κ3) is 9.72. The molecule has 3 aliphatic rings. The Balaban J connectivity index is 0.000000109. The van der Waals surface area contributed by atoms with Gasteiger partial charge in [0.15, 0.2) is 0 Å². The molecule has 23 rings (SSSR count). The lowest BCUT2D eigenvalue weighted by Crippen LogP contribution is -2.41. The maximum Gasteiger partial charge on any atom is 0.494 e. The Bertz CT molecular complexity index is 7140. The number of fused-ring (bicyclic) bond motifs is 18. The van der Waals surface area contributed by atoms with E-state index in [0.29, 0.717) is 0 Å². The van der Waals surface area contributed by atoms with E-state index in [0.717, 1.165) is 9.94 Å². The van der Waals surface area contributed by atoms with Crippen molar-refractivity contribution in [2.24, 2.45) is 0 Å². The Kier molecular flexibility index (Phi) is 14.3. The van der Waals surface area contributed by atoms with E-state index >= 15 is 0 Å². The second-order valence-electron chi connectivity index (χ2n) is 32.5. The molecule has 514 valence electrons. The maximum absolute atomic E-state index is 6.22. The molecule has 2 nitrogen and oxygen atoms in total. The first-order chi connectivity index (χ1) is 52.4. The Labute approximate surface area is 637 Å². The topological polar surface area (TPSA) is 18.5 Å². The molecule has 0 radical (unpaired) electrons. The predicted octanol–water partition coefficient (Wildman–Crippen LogP) is 28.4. The van der Waals surface area contributed by atoms with E-state index in [1.54, 1.807) is 0 Å². The van der Waals surface area contributed by atoms with Crippen LogP contribution in [0.2, 0.25) is 0 Å². The predicted molar refractivity (Wildman–Crippen MR) is 467 cm³/mol. The van der Waals surface area contributed by atoms with Crippen LogP contribution in [0.25, 0.3) is 185 Å². The van der Waals surface area contributed by atoms with Crippen molar-refractivity contribution >= 4 is 158 Å². The highest BCUT2D eigenvalue weighted by molar-refractivity contribution is 9.10. The summed E-state index contributed by atoms with van der Waals surface area (Å²) in [6, 6.07) is 117. The fourth-order valence-electron chi connectivity index (χ4n) is 19.1. The lowest BCUT2D eigenvalue weighted by Gasteiger charge is -2.32. The first kappa shape index (κ1) is 64.9. The summed E-state index contributed by atoms with van der Waals surface area (Å²) in [5.74, 6) is 0. The van der Waals surface area contributed by atoms with Gasteiger partial charge in [-0.2, -0.15) is 0 Å². The normalized spacial score (nSPS) is 15.1. The summed E-state index contributed by atoms with van der Waals surface area (Å²) >= 11 is 3.68. The van der Waals surface area contributed by atoms with Gasteiger partial charge >= 0.3 is 7.12 Å². The van der Waals surface area contributed by atoms with Crippen LogP contribution in [-0.2, 0) is 20.1 Å². The zero-order valence-corrected chi connectivity index (χ0v) is 63.4. The van der Waals surface area contributed by atoms with E-state index in [1.807, 2.05) is 0 Å². The zero-order chi connectivity index (χ0) is 72.9. The average molecular weight is 1450 g/mol. The summed E-state index contributed by atoms with van der Waals surface area (Å²) < 4.78 is 13.6. The van der Waals surface area contributed by atoms with Crippen molar-refractivity contribution in [3.8, 4) is 55.6 Å². The number of hydrogen-bond donors (Lipinski definition) is 0. The molecule has 0 atom stereocenters. The zero-order valence-electron chi connectivity index (χ0n) is 61.8. The van der Waals surface area contributed by atoms with Gasteiger partial charge in [0.05, 0.1) is 11.2 Å². The van der Waals surface area contributed by atoms with Crippen LogP contribution in [0.4, 0.5) is 0 Å². The molecule has 0 N–H and O–H groups in total. The van der Waals surface area contributed by atoms with Gasteiger partial charge in [0, 0.05) is 15.3 Å². The van der Waals surface area contributed by atoms with Crippen molar-refractivity contribution in [3.63, 3.8) is 0 Å². The van der Waals surface area contributed by atoms with E-state index in [-0.39, 0.29) is 29.2 Å². The molecule has 2 aliphatic carbocycles. The molecule has 1 aliphatic heterocycles. The smallest absolute Gasteiger partial charge is 0.399 e. The van der Waals surface area contributed by atoms with Crippen LogP contribution in [-0.4, -0.2) is 18.3 Å². The molecular weight excluding hydrogens is 1370 g/mol. The fraction of sp³-hybridized carbons (Fsp3) is 0.115. The summed E-state index contributed by atoms with van der Waals surface area (Å²) in [6.07, 6.45) is 0. The van der Waals surface area contributed by atoms with Crippen molar-refractivity contribution in [1.29, 1.82) is 0 Å². The Morgan fingerprint density at radius 1 is 0.222 bits per heavy atom. The number of benzene rings is 20. The fourth-order valence-corrected chi connectivity index (χ4v) is 19.4. The monoisotopic (exact) mass is 1450 g/mol. The van der Waals surface area contributed by atoms with Gasteiger partial charge in [0.2, 0.25) is 0 Å². The van der Waals surface area contributed by atoms with Crippen molar-refractivity contribution in [1.82, 2.24) is 0 Å². The van der Waals surface area contributed by atoms with Crippen LogP contribution in [0.1, 0.15) is 77.6 Å². The summed E-state index contributed by atoms with van der Waals surface area (Å²) in [4.78, 5) is 0. The van der Waals surface area contributed by atoms with Crippen molar-refractivity contribution in [2.75, 3.05) is 0 Å². The van der Waals surface area contributed by atoms with Gasteiger partial charge in [-0.3, -0.25) is 0 Å². The maximum atomic E-state index is 6.22. The van der Waals surface area contributed by atoms with E-state index in [9.17, 15) is 0 Å². The summed E-state index contributed by atoms with van der Waals surface area (Å²) in [6.45, 7) is 17.8. The second-order valence-corrected chi connectivity index (χ2v) is 33.4. The molecule has 0 saturated carbocycles. The molecule has 1 heterocycles. The summed E-state index contributed by atoms with van der Waals surface area (Å²) in [5.41, 5.74) is 18.9. The number of halogens is 1. The van der Waals surface area contributed by atoms with Crippen molar-refractivity contribution in [3.05, 3.63) is 342 Å². The van der Waals surface area contributed by atoms with E-state index in [2.05, 4.69) is 387 Å². The molecular formula is C104H76BBrO2. The quantitative estimate of drug-likeness (QED) is 0.129. The summed E-state index contributed by atoms with van der Waals surface area (Å²) in [5, 5.41) is 31.9. The van der Waals surface area contributed by atoms with Crippen LogP contribution >= 0.6 is 15.9 Å². The highest BCUT2D eigenvalue weighted by atomic mass is 79.9. The van der Waals surface area contributed by atoms with E-state index < -0.39 is 0 Å². The lowest BCUT2D eigenvalue weighted by atomic mass is 9.78. The van der Waals surface area contributed by atoms with Gasteiger partial charge in [0.25, 0.3) is 0 Å². The molecule has 108 heavy (non-hydrogen) atoms. The van der Waals surface area contributed by atoms with Gasteiger partial charge in [-0.1, -0.05) is 317 Å². The van der Waals surface area contributed by atoms with Gasteiger partial charge in [0.1, 0.15) is 0 Å². The number of rotatable bonds is 4. The minimum Gasteiger partial charge on any atom is -0.399 e. The average Bonchev–Trinajstić information content (AvgIpc) is 1.52. The van der Waals surface area contributed by atoms with Crippen LogP contribution in [0.5, 0.6) is 0 Å². The molecule has 4 heteroatoms. The Morgan fingerprint density at radius 3 is 0.954 bits per heavy atom. The van der Waals surface area contributed by atoms with Crippen LogP contribution in [0.3, 0.4) is 0 Å². The molecule has 0 bridgehead atoms. The van der Waals surface area contributed by atoms with Crippen LogP contribution in [0.15, 0.2) is 320 Å². The summed E-state index contributed by atoms with van der Waals surface area (Å²) in [7, 11) is -0.333. The first-order valence-corrected chi connectivity index (χ1v) is 38.8. The Morgan fingerprint density at radius 2 is 0.537 bits per heavy atom. The largest absolute Gasteiger partial charge is 0.494 e. The van der Waals surface area contributed by atoms with Crippen molar-refractivity contribution < 1.29 is 9.31 Å². The van der Waals surface area contributed by atoms with Crippen molar-refractivity contribution in [2.45, 2.75) is 77.4 Å². The van der Waals surface area contributed by atoms with E-state index in [4.69, 9.17) is 9.31 Å². The van der Waals surface area contributed by atoms with Gasteiger partial charge < -0.3 is 9.31 Å². The van der Waals surface area contributed by atoms with Gasteiger partial charge in [-0.05, 0) is 283 Å². The third-order valence-electron chi connectivity index (χ3n) is 25.4. The Hall–Kier alpha value is -11.5. The molecule has 20 aromatic rings. The number of hydrogen-bond acceptors (Lipinski definition) is 2. The van der Waals surface area contributed by atoms with Gasteiger partial charge in [-0.15, -0.1) is 0 Å². The van der Waals surface area contributed by atoms with Gasteiger partial charge in [-0.25, -0.2) is 0 Å². The minimum atomic E-state index is -0.333. The lowest BCUT2D eigenvalue weighted by molar-refractivity contribution is 0.00578. The minimum absolute atomic E-state index is 0.00626. The molecule has 1 saturated heterocycles. The van der Waals surface area contributed by atoms with Crippen LogP contribution < -0.4 is 5.46 Å². The van der Waals surface area contributed by atoms with E-state index in [1.165, 1.54) is 207 Å². The first-order valence-electron chi connectivity index (χ1n) is 38.0. The second kappa shape index (κ2) is 23.8. The SMILES string of the molecule is CC1(C)OB(c2ccc(-c3ccc4ccc5cccc6ccc3c4c56)cc2)OC1(C)C.CC1(C)c2ccc(-c3ccc(-c4ccc5ccc6cccc7ccc4c5c67)cc3)cc2-c2cc3c4ccccc4c4ccccc4c3cc21.CC1(C)c2ccc(Br)cc2-c2cc3c4ccccc4c4ccccc4c3cc21. The highest BCUT2D eigenvalue weighted by Crippen LogP contribution is 2.55. The standard InChI is InChI=1S/C49H32.C28H25BO2.C27H19Br/c1-49(2)45-25-22-34(26-43(45)44-27-41-38-12-5-3-10-36(38)37-11-4-6-13-39(37)42(41)28-46(44)49)29-14-16-30(17-15-29)35-23-20-33-19-18-31-8-7-9-32-21-24-40(35)48(33)47(31)32;1-27(2)28(3,4)31-29(30-27)22-14-10-18(11-15-22)23-16-12-21-9-8-19-6-5-7-20-13-17-24(23)26(21)25(19)20;1-27(2)25-12-11-16(28)13-23(25)24-14-21-19-9-5-3-7-17(19)18-8-4-6-10-20(18)22(21)15-26(24)27/h3-28H,1-2H3;5-17H,1-4H3;3-15H,1-2H3. The van der Waals surface area contributed by atoms with Crippen LogP contribution in [0, 0.1) is 0 Å². The highest BCUT2D eigenvalue weighted by Gasteiger charge is 2.52. The molecule has 1 fully saturated rings. The molecule has 0 amide bonds. The molecule has 0 spiro atoms. The molecule has 20 aromatic carbocycles. The molecule has 0 unspecified atom stereocenters.